The van der Waals surface area contributed by atoms with Crippen LogP contribution in [0.25, 0.3) is 0 Å². The van der Waals surface area contributed by atoms with E-state index in [4.69, 9.17) is 24.8 Å². The average Bonchev–Trinajstić information content (AvgIpc) is 3.24. The van der Waals surface area contributed by atoms with Crippen molar-refractivity contribution < 1.29 is 57.7 Å². The molecule has 0 aromatic rings. The molecule has 0 rings (SSSR count). The first-order valence-electron chi connectivity index (χ1n) is 22.1. The lowest BCUT2D eigenvalue weighted by Gasteiger charge is -2.20. The minimum Gasteiger partial charge on any atom is -0.480 e. The Balaban J connectivity index is 4.70. The van der Waals surface area contributed by atoms with Crippen LogP contribution in [0.5, 0.6) is 0 Å². The standard InChI is InChI=1S/C48H76NO12P/c1-3-5-7-8-9-10-11-12-13-14-15-16-17-18-22-25-31-38-47(53)61-44(40-59-62(56,57)60-41-45(49)48(54)55)39-58-46(52)37-32-26-30-36-43(51)35-29-24-21-19-20-23-28-34-42(50)33-27-6-4-2/h6,12-13,15-16,18,20-24,27-30,34-36,42-45,50-51H,3-5,7-11,14,17,19,25-26,31-33,37-41,49H2,1-2H3,(H,54,55)(H,56,57)/b13-12-,16-15-,22-18-,23-20-,24-21-,27-6-,34-28+,35-29+,36-30-/t42-,43-,44-,45+/m1/s1. The van der Waals surface area contributed by atoms with Gasteiger partial charge in [-0.15, -0.1) is 0 Å². The van der Waals surface area contributed by atoms with Gasteiger partial charge in [0.2, 0.25) is 0 Å². The molecule has 0 amide bonds. The fourth-order valence-corrected chi connectivity index (χ4v) is 5.95. The molecule has 0 fully saturated rings. The van der Waals surface area contributed by atoms with Crippen LogP contribution in [-0.2, 0) is 37.5 Å². The lowest BCUT2D eigenvalue weighted by atomic mass is 10.1. The quantitative estimate of drug-likeness (QED) is 0.0128. The second-order valence-electron chi connectivity index (χ2n) is 14.5. The molecule has 14 heteroatoms. The van der Waals surface area contributed by atoms with Gasteiger partial charge in [-0.1, -0.05) is 155 Å². The van der Waals surface area contributed by atoms with Gasteiger partial charge >= 0.3 is 25.7 Å². The summed E-state index contributed by atoms with van der Waals surface area (Å²) in [7, 11) is -4.79. The van der Waals surface area contributed by atoms with Crippen molar-refractivity contribution in [2.75, 3.05) is 19.8 Å². The second kappa shape index (κ2) is 41.1. The van der Waals surface area contributed by atoms with E-state index in [-0.39, 0.29) is 12.8 Å². The Morgan fingerprint density at radius 2 is 1.18 bits per heavy atom. The van der Waals surface area contributed by atoms with Gasteiger partial charge in [-0.05, 0) is 70.6 Å². The number of nitrogens with two attached hydrogens (primary N) is 1. The van der Waals surface area contributed by atoms with E-state index in [0.29, 0.717) is 38.5 Å². The molecule has 0 heterocycles. The highest BCUT2D eigenvalue weighted by atomic mass is 31.2. The minimum absolute atomic E-state index is 0.0181. The Morgan fingerprint density at radius 3 is 1.84 bits per heavy atom. The minimum atomic E-state index is -4.79. The summed E-state index contributed by atoms with van der Waals surface area (Å²) >= 11 is 0. The van der Waals surface area contributed by atoms with Crippen molar-refractivity contribution in [3.05, 3.63) is 109 Å². The van der Waals surface area contributed by atoms with E-state index in [1.165, 1.54) is 38.5 Å². The summed E-state index contributed by atoms with van der Waals surface area (Å²) in [6, 6.07) is -1.57. The highest BCUT2D eigenvalue weighted by molar-refractivity contribution is 7.47. The zero-order chi connectivity index (χ0) is 45.9. The summed E-state index contributed by atoms with van der Waals surface area (Å²) in [5, 5.41) is 28.9. The maximum atomic E-state index is 12.6. The maximum absolute atomic E-state index is 12.6. The fourth-order valence-electron chi connectivity index (χ4n) is 5.17. The molecule has 13 nitrogen and oxygen atoms in total. The molecule has 0 aliphatic carbocycles. The maximum Gasteiger partial charge on any atom is 0.472 e. The monoisotopic (exact) mass is 890 g/mol. The molecule has 0 saturated carbocycles. The second-order valence-corrected chi connectivity index (χ2v) is 15.9. The number of rotatable bonds is 39. The van der Waals surface area contributed by atoms with Crippen molar-refractivity contribution in [2.24, 2.45) is 5.73 Å². The van der Waals surface area contributed by atoms with Crippen LogP contribution in [0.4, 0.5) is 0 Å². The molecule has 350 valence electrons. The first kappa shape index (κ1) is 58.1. The summed E-state index contributed by atoms with van der Waals surface area (Å²) in [5.74, 6) is -2.67. The Morgan fingerprint density at radius 1 is 0.613 bits per heavy atom. The first-order chi connectivity index (χ1) is 29.9. The zero-order valence-electron chi connectivity index (χ0n) is 37.1. The number of phosphoric ester groups is 1. The van der Waals surface area contributed by atoms with Crippen molar-refractivity contribution in [2.45, 2.75) is 154 Å². The Bertz CT molecular complexity index is 1500. The SMILES string of the molecule is CC/C=C\C[C@@H](O)/C=C/C=C\C/C=C\C=C\[C@@H](O)/C=C\CCCC(=O)OC[C@H](COP(=O)(O)OC[C@H](N)C(=O)O)OC(=O)CCC/C=C\C/C=C\C/C=C\CCCCCCCC. The third kappa shape index (κ3) is 40.2. The van der Waals surface area contributed by atoms with Crippen molar-refractivity contribution in [3.63, 3.8) is 0 Å². The van der Waals surface area contributed by atoms with E-state index in [0.717, 1.165) is 25.7 Å². The Labute approximate surface area is 371 Å². The van der Waals surface area contributed by atoms with Gasteiger partial charge < -0.3 is 35.4 Å². The van der Waals surface area contributed by atoms with Gasteiger partial charge in [0.1, 0.15) is 12.6 Å². The summed E-state index contributed by atoms with van der Waals surface area (Å²) in [6.07, 6.45) is 46.7. The van der Waals surface area contributed by atoms with Crippen LogP contribution in [0.15, 0.2) is 109 Å². The lowest BCUT2D eigenvalue weighted by Crippen LogP contribution is -2.34. The van der Waals surface area contributed by atoms with Crippen LogP contribution in [0.3, 0.4) is 0 Å². The number of hydrogen-bond acceptors (Lipinski definition) is 11. The molecule has 0 aromatic heterocycles. The molecule has 0 radical (unpaired) electrons. The average molecular weight is 890 g/mol. The van der Waals surface area contributed by atoms with Crippen LogP contribution in [0, 0.1) is 0 Å². The normalized spacial score (nSPS) is 15.7. The smallest absolute Gasteiger partial charge is 0.472 e. The number of allylic oxidation sites excluding steroid dienone is 14. The molecular formula is C48H76NO12P. The molecule has 62 heavy (non-hydrogen) atoms. The van der Waals surface area contributed by atoms with Gasteiger partial charge in [0.15, 0.2) is 6.10 Å². The number of carbonyl (C=O) groups is 3. The first-order valence-corrected chi connectivity index (χ1v) is 23.6. The summed E-state index contributed by atoms with van der Waals surface area (Å²) < 4.78 is 32.5. The molecule has 6 N–H and O–H groups in total. The third-order valence-corrected chi connectivity index (χ3v) is 9.63. The highest BCUT2D eigenvalue weighted by Gasteiger charge is 2.28. The van der Waals surface area contributed by atoms with Gasteiger partial charge in [-0.25, -0.2) is 4.57 Å². The molecule has 0 aromatic carbocycles. The number of aliphatic hydroxyl groups excluding tert-OH is 2. The molecule has 0 aliphatic rings. The van der Waals surface area contributed by atoms with Crippen LogP contribution in [0.2, 0.25) is 0 Å². The number of carboxylic acids is 1. The van der Waals surface area contributed by atoms with Crippen molar-refractivity contribution in [1.29, 1.82) is 0 Å². The molecule has 1 unspecified atom stereocenters. The number of hydrogen-bond donors (Lipinski definition) is 5. The Hall–Kier alpha value is -3.94. The number of aliphatic hydroxyl groups is 2. The number of phosphoric acid groups is 1. The van der Waals surface area contributed by atoms with E-state index in [1.807, 2.05) is 61.6 Å². The van der Waals surface area contributed by atoms with Crippen molar-refractivity contribution in [3.8, 4) is 0 Å². The number of aliphatic carboxylic acids is 1. The Kier molecular flexibility index (Phi) is 38.5. The number of ether oxygens (including phenoxy) is 2. The van der Waals surface area contributed by atoms with Crippen molar-refractivity contribution >= 4 is 25.7 Å². The number of carbonyl (C=O) groups excluding carboxylic acids is 2. The van der Waals surface area contributed by atoms with E-state index in [1.54, 1.807) is 30.4 Å². The lowest BCUT2D eigenvalue weighted by molar-refractivity contribution is -0.161. The molecule has 0 bridgehead atoms. The molecular weight excluding hydrogens is 813 g/mol. The zero-order valence-corrected chi connectivity index (χ0v) is 38.0. The fraction of sp³-hybridized carbons (Fsp3) is 0.562. The van der Waals surface area contributed by atoms with E-state index >= 15 is 0 Å². The number of esters is 2. The summed E-state index contributed by atoms with van der Waals surface area (Å²) in [6.45, 7) is 2.34. The number of unbranched alkanes of at least 4 members (excludes halogenated alkanes) is 8. The van der Waals surface area contributed by atoms with E-state index < -0.39 is 69.9 Å². The molecule has 0 aliphatic heterocycles. The van der Waals surface area contributed by atoms with E-state index in [2.05, 4.69) is 35.8 Å². The van der Waals surface area contributed by atoms with Gasteiger partial charge in [0, 0.05) is 12.8 Å². The van der Waals surface area contributed by atoms with Crippen LogP contribution >= 0.6 is 7.82 Å². The predicted octanol–water partition coefficient (Wildman–Crippen LogP) is 9.78. The summed E-state index contributed by atoms with van der Waals surface area (Å²) in [4.78, 5) is 46.0. The van der Waals surface area contributed by atoms with Crippen LogP contribution in [0.1, 0.15) is 129 Å². The molecule has 0 saturated heterocycles. The number of carboxylic acid groups (broad SMARTS) is 1. The van der Waals surface area contributed by atoms with Gasteiger partial charge in [0.25, 0.3) is 0 Å². The van der Waals surface area contributed by atoms with Crippen molar-refractivity contribution in [1.82, 2.24) is 0 Å². The van der Waals surface area contributed by atoms with Gasteiger partial charge in [-0.2, -0.15) is 0 Å². The van der Waals surface area contributed by atoms with Crippen LogP contribution < -0.4 is 5.73 Å². The van der Waals surface area contributed by atoms with Crippen LogP contribution in [-0.4, -0.2) is 82.3 Å². The van der Waals surface area contributed by atoms with E-state index in [9.17, 15) is 34.1 Å². The predicted molar refractivity (Wildman–Crippen MR) is 247 cm³/mol. The largest absolute Gasteiger partial charge is 0.480 e. The highest BCUT2D eigenvalue weighted by Crippen LogP contribution is 2.43. The molecule has 0 spiro atoms. The summed E-state index contributed by atoms with van der Waals surface area (Å²) in [5.41, 5.74) is 5.32. The topological polar surface area (TPSA) is 212 Å². The molecule has 5 atom stereocenters. The van der Waals surface area contributed by atoms with Gasteiger partial charge in [-0.3, -0.25) is 23.4 Å². The van der Waals surface area contributed by atoms with Gasteiger partial charge in [0.05, 0.1) is 25.4 Å². The third-order valence-electron chi connectivity index (χ3n) is 8.68.